The van der Waals surface area contributed by atoms with Crippen molar-refractivity contribution in [1.29, 1.82) is 0 Å². The van der Waals surface area contributed by atoms with Crippen LogP contribution in [0.3, 0.4) is 0 Å². The summed E-state index contributed by atoms with van der Waals surface area (Å²) in [6.45, 7) is 11.6. The molecule has 1 aliphatic heterocycles. The fraction of sp³-hybridized carbons (Fsp3) is 0.688. The van der Waals surface area contributed by atoms with Crippen molar-refractivity contribution in [2.45, 2.75) is 39.8 Å². The van der Waals surface area contributed by atoms with Crippen molar-refractivity contribution in [2.75, 3.05) is 32.8 Å². The molecular weight excluding hydrogens is 264 g/mol. The van der Waals surface area contributed by atoms with E-state index in [0.29, 0.717) is 6.04 Å². The van der Waals surface area contributed by atoms with Crippen molar-refractivity contribution in [3.63, 3.8) is 0 Å². The van der Waals surface area contributed by atoms with Crippen LogP contribution in [-0.2, 0) is 6.54 Å². The lowest BCUT2D eigenvalue weighted by molar-refractivity contribution is 0.0631. The lowest BCUT2D eigenvalue weighted by Gasteiger charge is -2.41. The first kappa shape index (κ1) is 16.2. The Morgan fingerprint density at radius 1 is 1.48 bits per heavy atom. The topological polar surface area (TPSA) is 55.4 Å². The van der Waals surface area contributed by atoms with Gasteiger partial charge in [-0.15, -0.1) is 0 Å². The molecule has 0 amide bonds. The van der Waals surface area contributed by atoms with Gasteiger partial charge in [0.15, 0.2) is 0 Å². The largest absolute Gasteiger partial charge is 0.396 e. The maximum Gasteiger partial charge on any atom is 0.103 e. The molecule has 1 atom stereocenters. The molecule has 0 radical (unpaired) electrons. The van der Waals surface area contributed by atoms with E-state index in [4.69, 9.17) is 0 Å². The summed E-state index contributed by atoms with van der Waals surface area (Å²) in [6, 6.07) is 0.434. The lowest BCUT2D eigenvalue weighted by atomic mass is 10.1. The standard InChI is InChI=1S/C16H28N4O/c1-13(2)4-6-20-8-7-19(12-16(20)5-9-21)11-15-10-17-14(3)18-15/h4,10,16,21H,5-9,11-12H2,1-3H3,(H,17,18)/t16-/m1/s1. The summed E-state index contributed by atoms with van der Waals surface area (Å²) in [6.07, 6.45) is 5.04. The van der Waals surface area contributed by atoms with Crippen LogP contribution in [0.2, 0.25) is 0 Å². The fourth-order valence-electron chi connectivity index (χ4n) is 2.86. The quantitative estimate of drug-likeness (QED) is 0.781. The Morgan fingerprint density at radius 2 is 2.29 bits per heavy atom. The van der Waals surface area contributed by atoms with Crippen molar-refractivity contribution in [1.82, 2.24) is 19.8 Å². The van der Waals surface area contributed by atoms with E-state index in [1.807, 2.05) is 13.1 Å². The molecule has 1 saturated heterocycles. The summed E-state index contributed by atoms with van der Waals surface area (Å²) in [5.74, 6) is 0.971. The van der Waals surface area contributed by atoms with E-state index in [0.717, 1.165) is 45.0 Å². The molecule has 0 aliphatic carbocycles. The first-order valence-electron chi connectivity index (χ1n) is 7.79. The van der Waals surface area contributed by atoms with E-state index in [1.165, 1.54) is 11.3 Å². The van der Waals surface area contributed by atoms with Crippen LogP contribution in [0, 0.1) is 6.92 Å². The van der Waals surface area contributed by atoms with Gasteiger partial charge in [0.1, 0.15) is 5.82 Å². The summed E-state index contributed by atoms with van der Waals surface area (Å²) in [5.41, 5.74) is 2.53. The van der Waals surface area contributed by atoms with Gasteiger partial charge in [-0.25, -0.2) is 4.98 Å². The van der Waals surface area contributed by atoms with Gasteiger partial charge in [-0.05, 0) is 27.2 Å². The second kappa shape index (κ2) is 7.73. The number of allylic oxidation sites excluding steroid dienone is 1. The van der Waals surface area contributed by atoms with Crippen LogP contribution in [0.15, 0.2) is 17.8 Å². The molecule has 1 aromatic heterocycles. The average Bonchev–Trinajstić information content (AvgIpc) is 2.83. The highest BCUT2D eigenvalue weighted by atomic mass is 16.3. The maximum atomic E-state index is 9.32. The normalized spacial score (nSPS) is 20.7. The third-order valence-corrected chi connectivity index (χ3v) is 4.03. The van der Waals surface area contributed by atoms with Gasteiger partial charge in [-0.2, -0.15) is 0 Å². The summed E-state index contributed by atoms with van der Waals surface area (Å²) in [4.78, 5) is 12.5. The van der Waals surface area contributed by atoms with E-state index in [2.05, 4.69) is 39.7 Å². The smallest absolute Gasteiger partial charge is 0.103 e. The van der Waals surface area contributed by atoms with Gasteiger partial charge < -0.3 is 10.1 Å². The van der Waals surface area contributed by atoms with Gasteiger partial charge in [-0.3, -0.25) is 9.80 Å². The number of hydrogen-bond acceptors (Lipinski definition) is 4. The molecule has 2 N–H and O–H groups in total. The summed E-state index contributed by atoms with van der Waals surface area (Å²) >= 11 is 0. The minimum atomic E-state index is 0.257. The van der Waals surface area contributed by atoms with E-state index >= 15 is 0 Å². The number of H-pyrrole nitrogens is 1. The minimum Gasteiger partial charge on any atom is -0.396 e. The number of aromatic amines is 1. The third kappa shape index (κ3) is 4.95. The monoisotopic (exact) mass is 292 g/mol. The van der Waals surface area contributed by atoms with Gasteiger partial charge >= 0.3 is 0 Å². The maximum absolute atomic E-state index is 9.32. The van der Waals surface area contributed by atoms with Crippen LogP contribution in [0.4, 0.5) is 0 Å². The molecule has 0 unspecified atom stereocenters. The van der Waals surface area contributed by atoms with Crippen LogP contribution in [-0.4, -0.2) is 63.7 Å². The Labute approximate surface area is 127 Å². The van der Waals surface area contributed by atoms with Gasteiger partial charge in [0.05, 0.1) is 0 Å². The molecule has 1 aliphatic rings. The zero-order chi connectivity index (χ0) is 15.2. The zero-order valence-corrected chi connectivity index (χ0v) is 13.5. The number of nitrogens with zero attached hydrogens (tertiary/aromatic N) is 3. The Bertz CT molecular complexity index is 465. The van der Waals surface area contributed by atoms with E-state index < -0.39 is 0 Å². The lowest BCUT2D eigenvalue weighted by Crippen LogP contribution is -2.53. The average molecular weight is 292 g/mol. The number of nitrogens with one attached hydrogen (secondary N) is 1. The minimum absolute atomic E-state index is 0.257. The van der Waals surface area contributed by atoms with E-state index in [1.54, 1.807) is 0 Å². The highest BCUT2D eigenvalue weighted by Crippen LogP contribution is 2.15. The Hall–Kier alpha value is -1.17. The fourth-order valence-corrected chi connectivity index (χ4v) is 2.86. The first-order chi connectivity index (χ1) is 10.1. The predicted octanol–water partition coefficient (Wildman–Crippen LogP) is 1.55. The van der Waals surface area contributed by atoms with Crippen LogP contribution < -0.4 is 0 Å². The summed E-state index contributed by atoms with van der Waals surface area (Å²) in [7, 11) is 0. The summed E-state index contributed by atoms with van der Waals surface area (Å²) in [5, 5.41) is 9.32. The van der Waals surface area contributed by atoms with Crippen molar-refractivity contribution in [2.24, 2.45) is 0 Å². The molecular formula is C16H28N4O. The number of aromatic nitrogens is 2. The van der Waals surface area contributed by atoms with Gasteiger partial charge in [0, 0.05) is 57.3 Å². The van der Waals surface area contributed by atoms with Gasteiger partial charge in [0.25, 0.3) is 0 Å². The van der Waals surface area contributed by atoms with Crippen LogP contribution in [0.25, 0.3) is 0 Å². The van der Waals surface area contributed by atoms with E-state index in [9.17, 15) is 5.11 Å². The second-order valence-electron chi connectivity index (χ2n) is 6.17. The highest BCUT2D eigenvalue weighted by molar-refractivity contribution is 5.01. The Kier molecular flexibility index (Phi) is 5.96. The van der Waals surface area contributed by atoms with E-state index in [-0.39, 0.29) is 6.61 Å². The number of rotatable bonds is 6. The van der Waals surface area contributed by atoms with Crippen LogP contribution >= 0.6 is 0 Å². The molecule has 0 spiro atoms. The number of aryl methyl sites for hydroxylation is 1. The van der Waals surface area contributed by atoms with Gasteiger partial charge in [-0.1, -0.05) is 11.6 Å². The molecule has 2 heterocycles. The molecule has 0 saturated carbocycles. The molecule has 0 bridgehead atoms. The molecule has 2 rings (SSSR count). The summed E-state index contributed by atoms with van der Waals surface area (Å²) < 4.78 is 0. The number of hydrogen-bond donors (Lipinski definition) is 2. The molecule has 21 heavy (non-hydrogen) atoms. The molecule has 1 fully saturated rings. The molecule has 5 nitrogen and oxygen atoms in total. The molecule has 118 valence electrons. The SMILES string of the molecule is CC(C)=CCN1CCN(Cc2cnc(C)[nH]2)C[C@H]1CCO. The predicted molar refractivity (Wildman–Crippen MR) is 85.1 cm³/mol. The number of piperazine rings is 1. The number of aliphatic hydroxyl groups is 1. The Balaban J connectivity index is 1.92. The molecule has 5 heteroatoms. The highest BCUT2D eigenvalue weighted by Gasteiger charge is 2.26. The zero-order valence-electron chi connectivity index (χ0n) is 13.5. The number of imidazole rings is 1. The first-order valence-corrected chi connectivity index (χ1v) is 7.79. The molecule has 0 aromatic carbocycles. The second-order valence-corrected chi connectivity index (χ2v) is 6.17. The van der Waals surface area contributed by atoms with Crippen LogP contribution in [0.1, 0.15) is 31.8 Å². The van der Waals surface area contributed by atoms with Crippen molar-refractivity contribution >= 4 is 0 Å². The Morgan fingerprint density at radius 3 is 2.90 bits per heavy atom. The third-order valence-electron chi connectivity index (χ3n) is 4.03. The van der Waals surface area contributed by atoms with Crippen LogP contribution in [0.5, 0.6) is 0 Å². The number of aliphatic hydroxyl groups excluding tert-OH is 1. The van der Waals surface area contributed by atoms with Crippen molar-refractivity contribution in [3.05, 3.63) is 29.4 Å². The van der Waals surface area contributed by atoms with Gasteiger partial charge in [0.2, 0.25) is 0 Å². The molecule has 1 aromatic rings. The van der Waals surface area contributed by atoms with Crippen molar-refractivity contribution in [3.8, 4) is 0 Å². The van der Waals surface area contributed by atoms with Crippen molar-refractivity contribution < 1.29 is 5.11 Å².